The molecule has 1 N–H and O–H groups in total. The van der Waals surface area contributed by atoms with Crippen LogP contribution in [0.2, 0.25) is 0 Å². The number of phenols is 1. The molecule has 1 aromatic carbocycles. The molecule has 0 radical (unpaired) electrons. The summed E-state index contributed by atoms with van der Waals surface area (Å²) >= 11 is 5.53. The average molecular weight is 197 g/mol. The summed E-state index contributed by atoms with van der Waals surface area (Å²) in [6.45, 7) is 0. The van der Waals surface area contributed by atoms with Gasteiger partial charge >= 0.3 is 0 Å². The Kier molecular flexibility index (Phi) is 4.41. The van der Waals surface area contributed by atoms with Gasteiger partial charge in [-0.05, 0) is 18.9 Å². The molecule has 13 heavy (non-hydrogen) atoms. The highest BCUT2D eigenvalue weighted by Gasteiger charge is 1.92. The fourth-order valence-electron chi connectivity index (χ4n) is 1.03. The number of allylic oxidation sites excluding steroid dienone is 1. The SMILES string of the molecule is Oc1ccccc1C=CCCCCl. The van der Waals surface area contributed by atoms with Gasteiger partial charge in [0.15, 0.2) is 0 Å². The van der Waals surface area contributed by atoms with Crippen molar-refractivity contribution in [3.63, 3.8) is 0 Å². The number of aromatic hydroxyl groups is 1. The van der Waals surface area contributed by atoms with Gasteiger partial charge in [0.05, 0.1) is 0 Å². The number of hydrogen-bond donors (Lipinski definition) is 1. The summed E-state index contributed by atoms with van der Waals surface area (Å²) in [4.78, 5) is 0. The van der Waals surface area contributed by atoms with Crippen molar-refractivity contribution >= 4 is 17.7 Å². The average Bonchev–Trinajstić information content (AvgIpc) is 2.15. The van der Waals surface area contributed by atoms with Gasteiger partial charge in [-0.1, -0.05) is 30.4 Å². The summed E-state index contributed by atoms with van der Waals surface area (Å²) < 4.78 is 0. The van der Waals surface area contributed by atoms with Gasteiger partial charge in [0.2, 0.25) is 0 Å². The van der Waals surface area contributed by atoms with Gasteiger partial charge in [-0.15, -0.1) is 11.6 Å². The highest BCUT2D eigenvalue weighted by atomic mass is 35.5. The third kappa shape index (κ3) is 3.51. The first kappa shape index (κ1) is 10.1. The van der Waals surface area contributed by atoms with Crippen LogP contribution in [0.1, 0.15) is 18.4 Å². The predicted octanol–water partition coefficient (Wildman–Crippen LogP) is 3.42. The predicted molar refractivity (Wildman–Crippen MR) is 57.1 cm³/mol. The Bertz CT molecular complexity index is 281. The van der Waals surface area contributed by atoms with Gasteiger partial charge in [0.1, 0.15) is 5.75 Å². The Morgan fingerprint density at radius 1 is 1.31 bits per heavy atom. The van der Waals surface area contributed by atoms with E-state index in [1.54, 1.807) is 6.07 Å². The molecule has 0 unspecified atom stereocenters. The molecule has 0 spiro atoms. The Morgan fingerprint density at radius 3 is 2.77 bits per heavy atom. The van der Waals surface area contributed by atoms with E-state index in [1.165, 1.54) is 0 Å². The lowest BCUT2D eigenvalue weighted by Gasteiger charge is -1.96. The van der Waals surface area contributed by atoms with E-state index in [4.69, 9.17) is 11.6 Å². The van der Waals surface area contributed by atoms with E-state index in [-0.39, 0.29) is 0 Å². The number of alkyl halides is 1. The van der Waals surface area contributed by atoms with Crippen LogP contribution in [-0.2, 0) is 0 Å². The fourth-order valence-corrected chi connectivity index (χ4v) is 1.19. The normalized spacial score (nSPS) is 10.8. The third-order valence-corrected chi connectivity index (χ3v) is 2.01. The summed E-state index contributed by atoms with van der Waals surface area (Å²) in [6, 6.07) is 7.28. The van der Waals surface area contributed by atoms with Crippen molar-refractivity contribution in [3.05, 3.63) is 35.9 Å². The molecule has 1 nitrogen and oxygen atoms in total. The molecule has 70 valence electrons. The van der Waals surface area contributed by atoms with Crippen molar-refractivity contribution in [1.82, 2.24) is 0 Å². The molecule has 0 saturated heterocycles. The summed E-state index contributed by atoms with van der Waals surface area (Å²) in [6.07, 6.45) is 5.88. The van der Waals surface area contributed by atoms with Crippen LogP contribution in [0.25, 0.3) is 6.08 Å². The summed E-state index contributed by atoms with van der Waals surface area (Å²) in [5, 5.41) is 9.39. The molecule has 1 rings (SSSR count). The number of rotatable bonds is 4. The van der Waals surface area contributed by atoms with Crippen LogP contribution in [0.15, 0.2) is 30.3 Å². The monoisotopic (exact) mass is 196 g/mol. The van der Waals surface area contributed by atoms with Gasteiger partial charge in [0.25, 0.3) is 0 Å². The van der Waals surface area contributed by atoms with Gasteiger partial charge in [0, 0.05) is 11.4 Å². The van der Waals surface area contributed by atoms with E-state index in [0.29, 0.717) is 11.6 Å². The first-order valence-electron chi connectivity index (χ1n) is 4.35. The topological polar surface area (TPSA) is 20.2 Å². The molecule has 0 atom stereocenters. The molecule has 2 heteroatoms. The lowest BCUT2D eigenvalue weighted by molar-refractivity contribution is 0.474. The van der Waals surface area contributed by atoms with E-state index in [0.717, 1.165) is 18.4 Å². The number of halogens is 1. The molecule has 1 aromatic rings. The van der Waals surface area contributed by atoms with E-state index in [2.05, 4.69) is 0 Å². The Labute approximate surface area is 83.7 Å². The van der Waals surface area contributed by atoms with Gasteiger partial charge in [-0.2, -0.15) is 0 Å². The lowest BCUT2D eigenvalue weighted by atomic mass is 10.1. The second kappa shape index (κ2) is 5.65. The largest absolute Gasteiger partial charge is 0.507 e. The van der Waals surface area contributed by atoms with Gasteiger partial charge < -0.3 is 5.11 Å². The zero-order valence-electron chi connectivity index (χ0n) is 7.41. The molecule has 0 aliphatic heterocycles. The van der Waals surface area contributed by atoms with Crippen molar-refractivity contribution in [3.8, 4) is 5.75 Å². The molecular weight excluding hydrogens is 184 g/mol. The second-order valence-electron chi connectivity index (χ2n) is 2.79. The van der Waals surface area contributed by atoms with Gasteiger partial charge in [-0.3, -0.25) is 0 Å². The van der Waals surface area contributed by atoms with Crippen LogP contribution in [-0.4, -0.2) is 11.0 Å². The summed E-state index contributed by atoms with van der Waals surface area (Å²) in [7, 11) is 0. The zero-order chi connectivity index (χ0) is 9.52. The van der Waals surface area contributed by atoms with Gasteiger partial charge in [-0.25, -0.2) is 0 Å². The highest BCUT2D eigenvalue weighted by molar-refractivity contribution is 6.17. The van der Waals surface area contributed by atoms with E-state index < -0.39 is 0 Å². The molecule has 0 saturated carbocycles. The highest BCUT2D eigenvalue weighted by Crippen LogP contribution is 2.17. The Morgan fingerprint density at radius 2 is 2.08 bits per heavy atom. The van der Waals surface area contributed by atoms with Crippen molar-refractivity contribution in [1.29, 1.82) is 0 Å². The number of para-hydroxylation sites is 1. The molecule has 0 amide bonds. The maximum atomic E-state index is 9.39. The van der Waals surface area contributed by atoms with E-state index in [9.17, 15) is 5.11 Å². The number of benzene rings is 1. The van der Waals surface area contributed by atoms with Crippen LogP contribution in [0, 0.1) is 0 Å². The minimum Gasteiger partial charge on any atom is -0.507 e. The van der Waals surface area contributed by atoms with Crippen LogP contribution in [0.5, 0.6) is 5.75 Å². The second-order valence-corrected chi connectivity index (χ2v) is 3.17. The van der Waals surface area contributed by atoms with Crippen molar-refractivity contribution in [2.75, 3.05) is 5.88 Å². The van der Waals surface area contributed by atoms with Crippen molar-refractivity contribution in [2.45, 2.75) is 12.8 Å². The first-order valence-corrected chi connectivity index (χ1v) is 4.88. The maximum absolute atomic E-state index is 9.39. The molecule has 0 fully saturated rings. The Balaban J connectivity index is 2.53. The van der Waals surface area contributed by atoms with Crippen LogP contribution >= 0.6 is 11.6 Å². The van der Waals surface area contributed by atoms with Crippen LogP contribution < -0.4 is 0 Å². The summed E-state index contributed by atoms with van der Waals surface area (Å²) in [5.41, 5.74) is 0.858. The standard InChI is InChI=1S/C11H13ClO/c12-9-5-1-2-6-10-7-3-4-8-11(10)13/h2-4,6-8,13H,1,5,9H2. The minimum atomic E-state index is 0.324. The van der Waals surface area contributed by atoms with Crippen molar-refractivity contribution < 1.29 is 5.11 Å². The molecule has 0 aliphatic carbocycles. The molecule has 0 aromatic heterocycles. The van der Waals surface area contributed by atoms with Crippen molar-refractivity contribution in [2.24, 2.45) is 0 Å². The third-order valence-electron chi connectivity index (χ3n) is 1.74. The number of unbranched alkanes of at least 4 members (excludes halogenated alkanes) is 1. The van der Waals surface area contributed by atoms with Crippen LogP contribution in [0.3, 0.4) is 0 Å². The number of hydrogen-bond acceptors (Lipinski definition) is 1. The maximum Gasteiger partial charge on any atom is 0.122 e. The molecule has 0 heterocycles. The number of phenolic OH excluding ortho intramolecular Hbond substituents is 1. The molecule has 0 aliphatic rings. The fraction of sp³-hybridized carbons (Fsp3) is 0.273. The van der Waals surface area contributed by atoms with E-state index in [1.807, 2.05) is 30.4 Å². The smallest absolute Gasteiger partial charge is 0.122 e. The minimum absolute atomic E-state index is 0.324. The molecule has 0 bridgehead atoms. The molecular formula is C11H13ClO. The Hall–Kier alpha value is -0.950. The van der Waals surface area contributed by atoms with E-state index >= 15 is 0 Å². The lowest BCUT2D eigenvalue weighted by Crippen LogP contribution is -1.74. The van der Waals surface area contributed by atoms with Crippen LogP contribution in [0.4, 0.5) is 0 Å². The zero-order valence-corrected chi connectivity index (χ0v) is 8.17. The quantitative estimate of drug-likeness (QED) is 0.578. The summed E-state index contributed by atoms with van der Waals surface area (Å²) in [5.74, 6) is 1.01. The first-order chi connectivity index (χ1) is 6.34.